The molecule has 1 N–H and O–H groups in total. The maximum Gasteiger partial charge on any atom is 0.246 e. The van der Waals surface area contributed by atoms with Gasteiger partial charge < -0.3 is 14.1 Å². The molecule has 0 saturated carbocycles. The minimum Gasteiger partial charge on any atom is -0.491 e. The SMILES string of the molecule is CCOc1ccc(S(=O)(=O)NCC2CCN(C(=O)C=Cc3ccco3)CC2)cc1F. The summed E-state index contributed by atoms with van der Waals surface area (Å²) in [5, 5.41) is 0. The van der Waals surface area contributed by atoms with E-state index in [0.29, 0.717) is 38.3 Å². The van der Waals surface area contributed by atoms with Crippen LogP contribution in [0.1, 0.15) is 25.5 Å². The van der Waals surface area contributed by atoms with Gasteiger partial charge in [0.1, 0.15) is 5.76 Å². The third-order valence-corrected chi connectivity index (χ3v) is 6.36. The quantitative estimate of drug-likeness (QED) is 0.643. The monoisotopic (exact) mass is 436 g/mol. The molecule has 1 fully saturated rings. The van der Waals surface area contributed by atoms with Crippen molar-refractivity contribution < 1.29 is 26.8 Å². The van der Waals surface area contributed by atoms with Gasteiger partial charge in [-0.2, -0.15) is 0 Å². The van der Waals surface area contributed by atoms with E-state index in [0.717, 1.165) is 6.07 Å². The van der Waals surface area contributed by atoms with Crippen LogP contribution in [0.3, 0.4) is 0 Å². The summed E-state index contributed by atoms with van der Waals surface area (Å²) in [4.78, 5) is 13.8. The molecule has 0 radical (unpaired) electrons. The van der Waals surface area contributed by atoms with E-state index in [9.17, 15) is 17.6 Å². The number of hydrogen-bond acceptors (Lipinski definition) is 5. The molecule has 0 unspecified atom stereocenters. The molecular weight excluding hydrogens is 411 g/mol. The smallest absolute Gasteiger partial charge is 0.246 e. The Bertz CT molecular complexity index is 981. The molecule has 1 aliphatic heterocycles. The number of nitrogens with one attached hydrogen (secondary N) is 1. The summed E-state index contributed by atoms with van der Waals surface area (Å²) < 4.78 is 51.7. The largest absolute Gasteiger partial charge is 0.491 e. The predicted octanol–water partition coefficient (Wildman–Crippen LogP) is 3.05. The van der Waals surface area contributed by atoms with Crippen molar-refractivity contribution in [2.75, 3.05) is 26.2 Å². The van der Waals surface area contributed by atoms with Gasteiger partial charge in [0.05, 0.1) is 17.8 Å². The highest BCUT2D eigenvalue weighted by atomic mass is 32.2. The van der Waals surface area contributed by atoms with Gasteiger partial charge in [0.15, 0.2) is 11.6 Å². The van der Waals surface area contributed by atoms with Crippen LogP contribution in [0.4, 0.5) is 4.39 Å². The van der Waals surface area contributed by atoms with Crippen molar-refractivity contribution >= 4 is 22.0 Å². The summed E-state index contributed by atoms with van der Waals surface area (Å²) >= 11 is 0. The summed E-state index contributed by atoms with van der Waals surface area (Å²) in [6.07, 6.45) is 6.00. The van der Waals surface area contributed by atoms with E-state index in [1.165, 1.54) is 18.2 Å². The van der Waals surface area contributed by atoms with E-state index in [4.69, 9.17) is 9.15 Å². The zero-order chi connectivity index (χ0) is 21.6. The maximum atomic E-state index is 14.0. The van der Waals surface area contributed by atoms with Crippen LogP contribution < -0.4 is 9.46 Å². The van der Waals surface area contributed by atoms with Gasteiger partial charge >= 0.3 is 0 Å². The zero-order valence-corrected chi connectivity index (χ0v) is 17.5. The number of carbonyl (C=O) groups excluding carboxylic acids is 1. The molecule has 1 aromatic carbocycles. The average molecular weight is 437 g/mol. The lowest BCUT2D eigenvalue weighted by Gasteiger charge is -2.31. The number of benzene rings is 1. The van der Waals surface area contributed by atoms with Gasteiger partial charge in [-0.05, 0) is 62.1 Å². The Kier molecular flexibility index (Phi) is 7.28. The molecular formula is C21H25FN2O5S. The second-order valence-electron chi connectivity index (χ2n) is 6.99. The van der Waals surface area contributed by atoms with Crippen molar-refractivity contribution in [2.24, 2.45) is 5.92 Å². The Labute approximate surface area is 175 Å². The first-order valence-corrected chi connectivity index (χ1v) is 11.3. The lowest BCUT2D eigenvalue weighted by atomic mass is 9.97. The highest BCUT2D eigenvalue weighted by Gasteiger charge is 2.24. The fourth-order valence-corrected chi connectivity index (χ4v) is 4.36. The van der Waals surface area contributed by atoms with Crippen LogP contribution >= 0.6 is 0 Å². The lowest BCUT2D eigenvalue weighted by Crippen LogP contribution is -2.40. The van der Waals surface area contributed by atoms with Crippen LogP contribution in [0, 0.1) is 11.7 Å². The van der Waals surface area contributed by atoms with E-state index >= 15 is 0 Å². The minimum atomic E-state index is -3.83. The van der Waals surface area contributed by atoms with Crippen LogP contribution in [-0.4, -0.2) is 45.5 Å². The highest BCUT2D eigenvalue weighted by Crippen LogP contribution is 2.22. The number of carbonyl (C=O) groups is 1. The second-order valence-corrected chi connectivity index (χ2v) is 8.76. The number of piperidine rings is 1. The molecule has 3 rings (SSSR count). The highest BCUT2D eigenvalue weighted by molar-refractivity contribution is 7.89. The van der Waals surface area contributed by atoms with E-state index in [2.05, 4.69) is 4.72 Å². The summed E-state index contributed by atoms with van der Waals surface area (Å²) in [5.41, 5.74) is 0. The number of furan rings is 1. The molecule has 0 bridgehead atoms. The van der Waals surface area contributed by atoms with Gasteiger partial charge in [-0.25, -0.2) is 17.5 Å². The Morgan fingerprint density at radius 2 is 2.10 bits per heavy atom. The Morgan fingerprint density at radius 1 is 1.33 bits per heavy atom. The molecule has 0 aliphatic carbocycles. The average Bonchev–Trinajstić information content (AvgIpc) is 3.26. The van der Waals surface area contributed by atoms with E-state index in [-0.39, 0.29) is 29.0 Å². The number of likely N-dealkylation sites (tertiary alicyclic amines) is 1. The number of ether oxygens (including phenoxy) is 1. The van der Waals surface area contributed by atoms with E-state index in [1.54, 1.807) is 36.3 Å². The Balaban J connectivity index is 1.49. The molecule has 2 heterocycles. The summed E-state index contributed by atoms with van der Waals surface area (Å²) in [7, 11) is -3.83. The molecule has 0 spiro atoms. The molecule has 2 aromatic rings. The van der Waals surface area contributed by atoms with Gasteiger partial charge in [-0.15, -0.1) is 0 Å². The molecule has 1 aliphatic rings. The van der Waals surface area contributed by atoms with Gasteiger partial charge in [0.25, 0.3) is 0 Å². The first-order chi connectivity index (χ1) is 14.4. The summed E-state index contributed by atoms with van der Waals surface area (Å²) in [6.45, 7) is 3.35. The van der Waals surface area contributed by atoms with Crippen molar-refractivity contribution in [1.29, 1.82) is 0 Å². The first kappa shape index (κ1) is 22.0. The van der Waals surface area contributed by atoms with Crippen LogP contribution in [0.5, 0.6) is 5.75 Å². The van der Waals surface area contributed by atoms with Crippen LogP contribution in [0.2, 0.25) is 0 Å². The van der Waals surface area contributed by atoms with Crippen molar-refractivity contribution in [3.63, 3.8) is 0 Å². The molecule has 7 nitrogen and oxygen atoms in total. The second kappa shape index (κ2) is 9.90. The van der Waals surface area contributed by atoms with Gasteiger partial charge in [-0.1, -0.05) is 0 Å². The molecule has 9 heteroatoms. The third-order valence-electron chi connectivity index (χ3n) is 4.94. The first-order valence-electron chi connectivity index (χ1n) is 9.81. The van der Waals surface area contributed by atoms with Gasteiger partial charge in [0, 0.05) is 25.7 Å². The molecule has 162 valence electrons. The molecule has 1 amide bonds. The molecule has 0 atom stereocenters. The van der Waals surface area contributed by atoms with Crippen molar-refractivity contribution in [1.82, 2.24) is 9.62 Å². The molecule has 30 heavy (non-hydrogen) atoms. The van der Waals surface area contributed by atoms with E-state index in [1.807, 2.05) is 0 Å². The van der Waals surface area contributed by atoms with Crippen molar-refractivity contribution in [3.8, 4) is 5.75 Å². The van der Waals surface area contributed by atoms with Crippen molar-refractivity contribution in [3.05, 3.63) is 54.2 Å². The van der Waals surface area contributed by atoms with Gasteiger partial charge in [-0.3, -0.25) is 4.79 Å². The van der Waals surface area contributed by atoms with Crippen LogP contribution in [-0.2, 0) is 14.8 Å². The summed E-state index contributed by atoms with van der Waals surface area (Å²) in [6, 6.07) is 7.10. The summed E-state index contributed by atoms with van der Waals surface area (Å²) in [5.74, 6) is -0.0807. The standard InChI is InChI=1S/C21H25FN2O5S/c1-2-28-20-7-6-18(14-19(20)22)30(26,27)23-15-16-9-11-24(12-10-16)21(25)8-5-17-4-3-13-29-17/h3-8,13-14,16,23H,2,9-12,15H2,1H3. The number of amides is 1. The van der Waals surface area contributed by atoms with Crippen LogP contribution in [0.25, 0.3) is 6.08 Å². The topological polar surface area (TPSA) is 88.9 Å². The molecule has 1 saturated heterocycles. The van der Waals surface area contributed by atoms with Gasteiger partial charge in [0.2, 0.25) is 15.9 Å². The number of halogens is 1. The number of rotatable bonds is 8. The number of nitrogens with zero attached hydrogens (tertiary/aromatic N) is 1. The van der Waals surface area contributed by atoms with E-state index < -0.39 is 15.8 Å². The zero-order valence-electron chi connectivity index (χ0n) is 16.7. The predicted molar refractivity (Wildman–Crippen MR) is 110 cm³/mol. The van der Waals surface area contributed by atoms with Crippen molar-refractivity contribution in [2.45, 2.75) is 24.7 Å². The Morgan fingerprint density at radius 3 is 2.73 bits per heavy atom. The third kappa shape index (κ3) is 5.70. The van der Waals surface area contributed by atoms with Crippen LogP contribution in [0.15, 0.2) is 52.0 Å². The maximum absolute atomic E-state index is 14.0. The number of sulfonamides is 1. The lowest BCUT2D eigenvalue weighted by molar-refractivity contribution is -0.127. The fraction of sp³-hybridized carbons (Fsp3) is 0.381. The fourth-order valence-electron chi connectivity index (χ4n) is 3.23. The Hall–Kier alpha value is -2.65. The minimum absolute atomic E-state index is 0.0228. The molecule has 1 aromatic heterocycles. The normalized spacial score (nSPS) is 15.6. The number of hydrogen-bond donors (Lipinski definition) is 1.